The van der Waals surface area contributed by atoms with Gasteiger partial charge in [0, 0.05) is 0 Å². The number of hydrogen-bond donors (Lipinski definition) is 0. The van der Waals surface area contributed by atoms with Crippen molar-refractivity contribution in [1.82, 2.24) is 0 Å². The van der Waals surface area contributed by atoms with Gasteiger partial charge in [0.15, 0.2) is 17.8 Å². The summed E-state index contributed by atoms with van der Waals surface area (Å²) in [7, 11) is 4.94. The van der Waals surface area contributed by atoms with Gasteiger partial charge in [-0.25, -0.2) is 0 Å². The molecule has 0 aliphatic carbocycles. The largest absolute Gasteiger partial charge is 0.492 e. The first-order chi connectivity index (χ1) is 8.69. The predicted molar refractivity (Wildman–Crippen MR) is 73.5 cm³/mol. The third kappa shape index (κ3) is 2.97. The van der Waals surface area contributed by atoms with Crippen LogP contribution in [0.15, 0.2) is 6.07 Å². The molecule has 5 heteroatoms. The average molecular weight is 250 g/mol. The van der Waals surface area contributed by atoms with Crippen molar-refractivity contribution in [2.24, 2.45) is 0 Å². The summed E-state index contributed by atoms with van der Waals surface area (Å²) in [5, 5.41) is 0. The lowest BCUT2D eigenvalue weighted by Gasteiger charge is -2.17. The molecule has 0 aliphatic heterocycles. The molecule has 0 fully saturated rings. The molecule has 0 amide bonds. The van der Waals surface area contributed by atoms with Crippen LogP contribution in [-0.2, 0) is 0 Å². The molecule has 1 aromatic carbocycles. The van der Waals surface area contributed by atoms with E-state index in [-0.39, 0.29) is 0 Å². The minimum Gasteiger partial charge on any atom is -0.492 e. The van der Waals surface area contributed by atoms with Gasteiger partial charge in [0.25, 0.3) is 0 Å². The molecule has 1 aromatic rings. The van der Waals surface area contributed by atoms with E-state index in [0.29, 0.717) is 29.4 Å². The molecular weight excluding hydrogens is 231 g/mol. The molecule has 0 saturated heterocycles. The Morgan fingerprint density at radius 3 is 2.39 bits per heavy atom. The van der Waals surface area contributed by atoms with Gasteiger partial charge >= 0.3 is 0 Å². The van der Waals surface area contributed by atoms with E-state index in [2.05, 4.69) is 6.92 Å². The number of carbonyl (C=O) groups is 1. The first kappa shape index (κ1) is 14.4. The van der Waals surface area contributed by atoms with Gasteiger partial charge in [-0.1, -0.05) is 19.4 Å². The maximum absolute atomic E-state index is 11.0. The number of methoxy groups -OCH3 is 2. The molecule has 0 spiro atoms. The minimum absolute atomic E-state index is 0.421. The second-order valence-electron chi connectivity index (χ2n) is 4.00. The zero-order chi connectivity index (χ0) is 13.5. The van der Waals surface area contributed by atoms with Gasteiger partial charge in [-0.05, 0) is 11.9 Å². The van der Waals surface area contributed by atoms with E-state index in [1.165, 1.54) is 7.11 Å². The van der Waals surface area contributed by atoms with Crippen LogP contribution < -0.4 is 19.7 Å². The van der Waals surface area contributed by atoms with Crippen molar-refractivity contribution in [3.05, 3.63) is 11.6 Å². The molecule has 0 saturated carbocycles. The van der Waals surface area contributed by atoms with Gasteiger partial charge < -0.3 is 14.2 Å². The van der Waals surface area contributed by atoms with Crippen LogP contribution in [0, 0.1) is 0 Å². The summed E-state index contributed by atoms with van der Waals surface area (Å²) >= 11 is 0. The van der Waals surface area contributed by atoms with Crippen LogP contribution in [0.4, 0.5) is 0 Å². The van der Waals surface area contributed by atoms with Gasteiger partial charge in [-0.3, -0.25) is 4.79 Å². The number of unbranched alkanes of at least 4 members (excludes halogenated alkanes) is 1. The summed E-state index contributed by atoms with van der Waals surface area (Å²) in [5.74, 6) is 1.55. The molecule has 0 atom stereocenters. The first-order valence-electron chi connectivity index (χ1n) is 6.03. The maximum atomic E-state index is 11.0. The lowest BCUT2D eigenvalue weighted by Crippen LogP contribution is -2.14. The van der Waals surface area contributed by atoms with Crippen LogP contribution in [0.3, 0.4) is 0 Å². The zero-order valence-electron chi connectivity index (χ0n) is 11.4. The van der Waals surface area contributed by atoms with E-state index in [0.717, 1.165) is 24.6 Å². The lowest BCUT2D eigenvalue weighted by atomic mass is 9.92. The predicted octanol–water partition coefficient (Wildman–Crippen LogP) is 0.954. The summed E-state index contributed by atoms with van der Waals surface area (Å²) in [6.45, 7) is 2.72. The molecule has 98 valence electrons. The van der Waals surface area contributed by atoms with Crippen LogP contribution in [0.25, 0.3) is 0 Å². The number of aldehydes is 1. The van der Waals surface area contributed by atoms with E-state index in [1.807, 2.05) is 7.85 Å². The third-order valence-corrected chi connectivity index (χ3v) is 2.68. The van der Waals surface area contributed by atoms with Gasteiger partial charge in [0.1, 0.15) is 7.85 Å². The Labute approximate surface area is 109 Å². The smallest absolute Gasteiger partial charge is 0.203 e. The Morgan fingerprint density at radius 1 is 1.22 bits per heavy atom. The normalized spacial score (nSPS) is 9.94. The molecule has 0 unspecified atom stereocenters. The van der Waals surface area contributed by atoms with Gasteiger partial charge in [0.05, 0.1) is 26.4 Å². The molecule has 0 heterocycles. The van der Waals surface area contributed by atoms with Crippen molar-refractivity contribution in [3.8, 4) is 17.2 Å². The topological polar surface area (TPSA) is 44.8 Å². The van der Waals surface area contributed by atoms with Crippen molar-refractivity contribution in [2.75, 3.05) is 20.8 Å². The Hall–Kier alpha value is -1.65. The third-order valence-electron chi connectivity index (χ3n) is 2.68. The van der Waals surface area contributed by atoms with E-state index in [1.54, 1.807) is 13.2 Å². The quantitative estimate of drug-likeness (QED) is 0.410. The van der Waals surface area contributed by atoms with Crippen molar-refractivity contribution in [2.45, 2.75) is 19.8 Å². The Kier molecular flexibility index (Phi) is 5.56. The zero-order valence-corrected chi connectivity index (χ0v) is 11.4. The monoisotopic (exact) mass is 250 g/mol. The van der Waals surface area contributed by atoms with Crippen LogP contribution in [0.5, 0.6) is 17.2 Å². The summed E-state index contributed by atoms with van der Waals surface area (Å²) in [6, 6.07) is 1.75. The molecule has 1 rings (SSSR count). The fourth-order valence-electron chi connectivity index (χ4n) is 1.76. The van der Waals surface area contributed by atoms with E-state index in [4.69, 9.17) is 14.2 Å². The highest BCUT2D eigenvalue weighted by Crippen LogP contribution is 2.37. The maximum Gasteiger partial charge on any atom is 0.203 e. The standard InChI is InChI=1S/C13H19BO4/c1-4-5-6-18-12-10(14)7-9(8-15)11(16-2)13(12)17-3/h7-8H,4-6,14H2,1-3H3. The molecule has 0 radical (unpaired) electrons. The molecule has 0 aliphatic rings. The second-order valence-corrected chi connectivity index (χ2v) is 4.00. The van der Waals surface area contributed by atoms with Crippen molar-refractivity contribution < 1.29 is 19.0 Å². The molecule has 4 nitrogen and oxygen atoms in total. The van der Waals surface area contributed by atoms with Crippen molar-refractivity contribution in [1.29, 1.82) is 0 Å². The highest BCUT2D eigenvalue weighted by atomic mass is 16.5. The average Bonchev–Trinajstić information content (AvgIpc) is 2.39. The molecule has 0 N–H and O–H groups in total. The summed E-state index contributed by atoms with van der Waals surface area (Å²) in [4.78, 5) is 11.0. The summed E-state index contributed by atoms with van der Waals surface area (Å²) in [5.41, 5.74) is 1.33. The highest BCUT2D eigenvalue weighted by Gasteiger charge is 2.18. The van der Waals surface area contributed by atoms with Crippen LogP contribution in [0.2, 0.25) is 0 Å². The fraction of sp³-hybridized carbons (Fsp3) is 0.462. The van der Waals surface area contributed by atoms with E-state index < -0.39 is 0 Å². The van der Waals surface area contributed by atoms with Crippen LogP contribution >= 0.6 is 0 Å². The SMILES string of the molecule is Bc1cc(C=O)c(OC)c(OC)c1OCCCC. The number of benzene rings is 1. The van der Waals surface area contributed by atoms with Gasteiger partial charge in [-0.2, -0.15) is 0 Å². The molecule has 18 heavy (non-hydrogen) atoms. The fourth-order valence-corrected chi connectivity index (χ4v) is 1.76. The van der Waals surface area contributed by atoms with Crippen molar-refractivity contribution >= 4 is 19.6 Å². The molecule has 0 aromatic heterocycles. The Balaban J connectivity index is 3.18. The second kappa shape index (κ2) is 6.94. The summed E-state index contributed by atoms with van der Waals surface area (Å²) < 4.78 is 16.3. The van der Waals surface area contributed by atoms with Crippen molar-refractivity contribution in [3.63, 3.8) is 0 Å². The molecular formula is C13H19BO4. The van der Waals surface area contributed by atoms with Gasteiger partial charge in [0.2, 0.25) is 5.75 Å². The van der Waals surface area contributed by atoms with E-state index >= 15 is 0 Å². The summed E-state index contributed by atoms with van der Waals surface area (Å²) in [6.07, 6.45) is 2.79. The Morgan fingerprint density at radius 2 is 1.89 bits per heavy atom. The Bertz CT molecular complexity index is 418. The minimum atomic E-state index is 0.421. The lowest BCUT2D eigenvalue weighted by molar-refractivity contribution is 0.112. The molecule has 0 bridgehead atoms. The van der Waals surface area contributed by atoms with Gasteiger partial charge in [-0.15, -0.1) is 0 Å². The van der Waals surface area contributed by atoms with Crippen LogP contribution in [0.1, 0.15) is 30.1 Å². The number of rotatable bonds is 7. The number of carbonyl (C=O) groups excluding carboxylic acids is 1. The number of ether oxygens (including phenoxy) is 3. The van der Waals surface area contributed by atoms with Crippen LogP contribution in [-0.4, -0.2) is 35.0 Å². The first-order valence-corrected chi connectivity index (χ1v) is 6.03. The van der Waals surface area contributed by atoms with E-state index in [9.17, 15) is 4.79 Å². The highest BCUT2D eigenvalue weighted by molar-refractivity contribution is 6.35. The number of hydrogen-bond acceptors (Lipinski definition) is 4.